The highest BCUT2D eigenvalue weighted by molar-refractivity contribution is 5.72. The van der Waals surface area contributed by atoms with E-state index in [2.05, 4.69) is 9.64 Å². The van der Waals surface area contributed by atoms with Crippen LogP contribution in [0.1, 0.15) is 13.3 Å². The van der Waals surface area contributed by atoms with Crippen molar-refractivity contribution < 1.29 is 14.6 Å². The summed E-state index contributed by atoms with van der Waals surface area (Å²) in [7, 11) is 1.42. The Hall–Kier alpha value is -0.610. The number of hydrogen-bond donors (Lipinski definition) is 1. The van der Waals surface area contributed by atoms with Gasteiger partial charge in [0.05, 0.1) is 19.1 Å². The number of aliphatic hydroxyl groups is 1. The lowest BCUT2D eigenvalue weighted by atomic mass is 10.1. The number of carbonyl (C=O) groups is 1. The first-order valence-corrected chi connectivity index (χ1v) is 4.61. The maximum absolute atomic E-state index is 11.1. The number of β-amino-alcohol motifs (C(OH)–C–C–N with tert-alkyl or cyclic N) is 1. The average Bonchev–Trinajstić information content (AvgIpc) is 2.50. The molecule has 76 valence electrons. The number of likely N-dealkylation sites (tertiary alicyclic amines) is 1. The molecular weight excluding hydrogens is 170 g/mol. The quantitative estimate of drug-likeness (QED) is 0.625. The smallest absolute Gasteiger partial charge is 0.310 e. The molecule has 1 aliphatic heterocycles. The Bertz CT molecular complexity index is 182. The standard InChI is InChI=1S/C9H17NO3/c1-7(11)5-10-4-3-8(6-10)9(12)13-2/h7-8,11H,3-6H2,1-2H3. The molecule has 0 aromatic carbocycles. The molecule has 1 N–H and O–H groups in total. The summed E-state index contributed by atoms with van der Waals surface area (Å²) < 4.78 is 4.66. The van der Waals surface area contributed by atoms with Gasteiger partial charge in [-0.3, -0.25) is 9.69 Å². The number of methoxy groups -OCH3 is 1. The first kappa shape index (κ1) is 10.5. The molecule has 1 saturated heterocycles. The fourth-order valence-electron chi connectivity index (χ4n) is 1.73. The van der Waals surface area contributed by atoms with Crippen LogP contribution >= 0.6 is 0 Å². The number of hydrogen-bond acceptors (Lipinski definition) is 4. The van der Waals surface area contributed by atoms with E-state index in [1.54, 1.807) is 6.92 Å². The van der Waals surface area contributed by atoms with Crippen molar-refractivity contribution in [3.05, 3.63) is 0 Å². The SMILES string of the molecule is COC(=O)C1CCN(CC(C)O)C1. The van der Waals surface area contributed by atoms with E-state index in [0.29, 0.717) is 6.54 Å². The molecule has 0 aromatic heterocycles. The maximum atomic E-state index is 11.1. The Morgan fingerprint density at radius 1 is 1.77 bits per heavy atom. The van der Waals surface area contributed by atoms with Crippen molar-refractivity contribution >= 4 is 5.97 Å². The van der Waals surface area contributed by atoms with E-state index in [4.69, 9.17) is 5.11 Å². The molecule has 1 aliphatic rings. The third-order valence-corrected chi connectivity index (χ3v) is 2.33. The second-order valence-corrected chi connectivity index (χ2v) is 3.62. The van der Waals surface area contributed by atoms with Crippen LogP contribution in [0.5, 0.6) is 0 Å². The fraction of sp³-hybridized carbons (Fsp3) is 0.889. The molecule has 1 heterocycles. The van der Waals surface area contributed by atoms with Crippen molar-refractivity contribution in [1.82, 2.24) is 4.90 Å². The van der Waals surface area contributed by atoms with Crippen molar-refractivity contribution in [3.63, 3.8) is 0 Å². The molecule has 1 fully saturated rings. The highest BCUT2D eigenvalue weighted by Crippen LogP contribution is 2.17. The zero-order chi connectivity index (χ0) is 9.84. The molecule has 13 heavy (non-hydrogen) atoms. The minimum atomic E-state index is -0.323. The molecule has 0 spiro atoms. The summed E-state index contributed by atoms with van der Waals surface area (Å²) in [5, 5.41) is 9.14. The summed E-state index contributed by atoms with van der Waals surface area (Å²) in [6.45, 7) is 4.00. The van der Waals surface area contributed by atoms with E-state index in [1.807, 2.05) is 0 Å². The topological polar surface area (TPSA) is 49.8 Å². The molecule has 0 amide bonds. The van der Waals surface area contributed by atoms with Gasteiger partial charge in [0.25, 0.3) is 0 Å². The van der Waals surface area contributed by atoms with E-state index in [1.165, 1.54) is 7.11 Å². The van der Waals surface area contributed by atoms with Gasteiger partial charge < -0.3 is 9.84 Å². The lowest BCUT2D eigenvalue weighted by Gasteiger charge is -2.16. The number of carbonyl (C=O) groups excluding carboxylic acids is 1. The molecule has 0 aromatic rings. The summed E-state index contributed by atoms with van der Waals surface area (Å²) in [5.41, 5.74) is 0. The molecule has 0 radical (unpaired) electrons. The van der Waals surface area contributed by atoms with Crippen molar-refractivity contribution in [3.8, 4) is 0 Å². The van der Waals surface area contributed by atoms with E-state index in [0.717, 1.165) is 19.5 Å². The Labute approximate surface area is 78.5 Å². The van der Waals surface area contributed by atoms with Crippen molar-refractivity contribution in [2.45, 2.75) is 19.4 Å². The van der Waals surface area contributed by atoms with Crippen LogP contribution in [0.25, 0.3) is 0 Å². The number of ether oxygens (including phenoxy) is 1. The zero-order valence-corrected chi connectivity index (χ0v) is 8.19. The monoisotopic (exact) mass is 187 g/mol. The third kappa shape index (κ3) is 2.97. The van der Waals surface area contributed by atoms with E-state index in [9.17, 15) is 4.79 Å². The summed E-state index contributed by atoms with van der Waals surface area (Å²) in [6.07, 6.45) is 0.524. The van der Waals surface area contributed by atoms with Crippen molar-refractivity contribution in [1.29, 1.82) is 0 Å². The molecule has 0 bridgehead atoms. The average molecular weight is 187 g/mol. The van der Waals surface area contributed by atoms with E-state index in [-0.39, 0.29) is 18.0 Å². The van der Waals surface area contributed by atoms with Crippen LogP contribution in [0.15, 0.2) is 0 Å². The summed E-state index contributed by atoms with van der Waals surface area (Å²) >= 11 is 0. The normalized spacial score (nSPS) is 25.9. The number of esters is 1. The minimum absolute atomic E-state index is 0.00347. The zero-order valence-electron chi connectivity index (χ0n) is 8.19. The number of nitrogens with zero attached hydrogens (tertiary/aromatic N) is 1. The van der Waals surface area contributed by atoms with Gasteiger partial charge in [-0.05, 0) is 19.9 Å². The van der Waals surface area contributed by atoms with Crippen LogP contribution < -0.4 is 0 Å². The second kappa shape index (κ2) is 4.58. The second-order valence-electron chi connectivity index (χ2n) is 3.62. The van der Waals surface area contributed by atoms with Crippen molar-refractivity contribution in [2.75, 3.05) is 26.7 Å². The van der Waals surface area contributed by atoms with Crippen LogP contribution in [0, 0.1) is 5.92 Å². The largest absolute Gasteiger partial charge is 0.469 e. The van der Waals surface area contributed by atoms with Gasteiger partial charge in [-0.2, -0.15) is 0 Å². The van der Waals surface area contributed by atoms with Crippen molar-refractivity contribution in [2.24, 2.45) is 5.92 Å². The predicted octanol–water partition coefficient (Wildman–Crippen LogP) is -0.138. The first-order chi connectivity index (χ1) is 6.13. The highest BCUT2D eigenvalue weighted by Gasteiger charge is 2.29. The summed E-state index contributed by atoms with van der Waals surface area (Å²) in [5.74, 6) is -0.128. The third-order valence-electron chi connectivity index (χ3n) is 2.33. The molecule has 0 saturated carbocycles. The fourth-order valence-corrected chi connectivity index (χ4v) is 1.73. The maximum Gasteiger partial charge on any atom is 0.310 e. The Balaban J connectivity index is 2.32. The van der Waals surface area contributed by atoms with Crippen LogP contribution in [0.3, 0.4) is 0 Å². The van der Waals surface area contributed by atoms with Crippen LogP contribution in [-0.4, -0.2) is 48.8 Å². The van der Waals surface area contributed by atoms with Crippen LogP contribution in [-0.2, 0) is 9.53 Å². The lowest BCUT2D eigenvalue weighted by Crippen LogP contribution is -2.30. The van der Waals surface area contributed by atoms with Gasteiger partial charge in [0.2, 0.25) is 0 Å². The van der Waals surface area contributed by atoms with E-state index >= 15 is 0 Å². The van der Waals surface area contributed by atoms with Gasteiger partial charge in [0.15, 0.2) is 0 Å². The Morgan fingerprint density at radius 2 is 2.46 bits per heavy atom. The summed E-state index contributed by atoms with van der Waals surface area (Å²) in [4.78, 5) is 13.2. The predicted molar refractivity (Wildman–Crippen MR) is 48.2 cm³/mol. The molecule has 2 unspecified atom stereocenters. The lowest BCUT2D eigenvalue weighted by molar-refractivity contribution is -0.144. The van der Waals surface area contributed by atoms with Gasteiger partial charge >= 0.3 is 5.97 Å². The molecule has 1 rings (SSSR count). The van der Waals surface area contributed by atoms with E-state index < -0.39 is 0 Å². The van der Waals surface area contributed by atoms with Gasteiger partial charge in [-0.25, -0.2) is 0 Å². The Morgan fingerprint density at radius 3 is 3.00 bits per heavy atom. The highest BCUT2D eigenvalue weighted by atomic mass is 16.5. The summed E-state index contributed by atoms with van der Waals surface area (Å²) in [6, 6.07) is 0. The number of rotatable bonds is 3. The van der Waals surface area contributed by atoms with Gasteiger partial charge in [-0.15, -0.1) is 0 Å². The van der Waals surface area contributed by atoms with Gasteiger partial charge in [0, 0.05) is 13.1 Å². The van der Waals surface area contributed by atoms with Gasteiger partial charge in [-0.1, -0.05) is 0 Å². The molecule has 4 nitrogen and oxygen atoms in total. The molecular formula is C9H17NO3. The van der Waals surface area contributed by atoms with Gasteiger partial charge in [0.1, 0.15) is 0 Å². The molecule has 2 atom stereocenters. The molecule has 4 heteroatoms. The number of aliphatic hydroxyl groups excluding tert-OH is 1. The Kier molecular flexibility index (Phi) is 3.69. The minimum Gasteiger partial charge on any atom is -0.469 e. The molecule has 0 aliphatic carbocycles. The van der Waals surface area contributed by atoms with Crippen LogP contribution in [0.4, 0.5) is 0 Å². The van der Waals surface area contributed by atoms with Crippen LogP contribution in [0.2, 0.25) is 0 Å². The first-order valence-electron chi connectivity index (χ1n) is 4.61.